The summed E-state index contributed by atoms with van der Waals surface area (Å²) in [5.41, 5.74) is 8.45. The van der Waals surface area contributed by atoms with Gasteiger partial charge in [0.2, 0.25) is 11.8 Å². The number of carbonyl (C=O) groups is 2. The molecule has 2 N–H and O–H groups in total. The highest BCUT2D eigenvalue weighted by molar-refractivity contribution is 6.31. The summed E-state index contributed by atoms with van der Waals surface area (Å²) < 4.78 is 45.9. The summed E-state index contributed by atoms with van der Waals surface area (Å²) in [6, 6.07) is 21.0. The van der Waals surface area contributed by atoms with Crippen LogP contribution in [0.3, 0.4) is 0 Å². The second-order valence-corrected chi connectivity index (χ2v) is 14.2. The van der Waals surface area contributed by atoms with E-state index in [2.05, 4.69) is 20.3 Å². The molecule has 2 heterocycles. The maximum atomic E-state index is 14.7. The number of nitrogens with zero attached hydrogens (tertiary/aromatic N) is 5. The van der Waals surface area contributed by atoms with Crippen molar-refractivity contribution in [2.45, 2.75) is 58.2 Å². The average Bonchev–Trinajstić information content (AvgIpc) is 3.80. The average molecular weight is 776 g/mol. The number of nitrogens with two attached hydrogens (primary N) is 1. The third-order valence-electron chi connectivity index (χ3n) is 8.37. The van der Waals surface area contributed by atoms with Crippen LogP contribution in [0.1, 0.15) is 72.2 Å². The molecule has 0 saturated heterocycles. The van der Waals surface area contributed by atoms with Gasteiger partial charge in [0.15, 0.2) is 5.82 Å². The van der Waals surface area contributed by atoms with Crippen LogP contribution < -0.4 is 5.73 Å². The van der Waals surface area contributed by atoms with Crippen LogP contribution >= 0.6 is 23.2 Å². The molecule has 2 aromatic heterocycles. The summed E-state index contributed by atoms with van der Waals surface area (Å²) in [7, 11) is 0. The monoisotopic (exact) mass is 774 g/mol. The molecule has 2 amide bonds. The molecule has 0 aliphatic carbocycles. The number of hydrogen-bond donors (Lipinski definition) is 1. The van der Waals surface area contributed by atoms with Crippen LogP contribution in [0.5, 0.6) is 0 Å². The molecule has 6 aromatic rings. The lowest BCUT2D eigenvalue weighted by Gasteiger charge is -2.36. The van der Waals surface area contributed by atoms with Crippen molar-refractivity contribution in [3.05, 3.63) is 141 Å². The molecule has 6 rings (SSSR count). The van der Waals surface area contributed by atoms with Crippen LogP contribution in [0.4, 0.5) is 13.6 Å². The van der Waals surface area contributed by atoms with Crippen molar-refractivity contribution in [2.24, 2.45) is 5.73 Å². The first kappa shape index (κ1) is 38.1. The Morgan fingerprint density at radius 3 is 1.69 bits per heavy atom. The predicted octanol–water partition coefficient (Wildman–Crippen LogP) is 9.28. The zero-order valence-electron chi connectivity index (χ0n) is 29.5. The predicted molar refractivity (Wildman–Crippen MR) is 197 cm³/mol. The Balaban J connectivity index is 1.56. The first-order valence-corrected chi connectivity index (χ1v) is 17.5. The van der Waals surface area contributed by atoms with E-state index in [1.807, 2.05) is 36.4 Å². The Hall–Kier alpha value is -5.66. The minimum atomic E-state index is -1.16. The molecule has 4 aromatic carbocycles. The van der Waals surface area contributed by atoms with Crippen molar-refractivity contribution in [3.63, 3.8) is 0 Å². The number of carbonyl (C=O) groups excluding carboxylic acids is 2. The third-order valence-corrected chi connectivity index (χ3v) is 8.95. The number of halogens is 4. The van der Waals surface area contributed by atoms with Gasteiger partial charge in [-0.2, -0.15) is 9.97 Å². The highest BCUT2D eigenvalue weighted by Gasteiger charge is 2.42. The zero-order valence-corrected chi connectivity index (χ0v) is 31.0. The fourth-order valence-electron chi connectivity index (χ4n) is 6.02. The number of amides is 2. The highest BCUT2D eigenvalue weighted by Crippen LogP contribution is 2.40. The molecule has 0 fully saturated rings. The lowest BCUT2D eigenvalue weighted by Crippen LogP contribution is -2.43. The number of rotatable bonds is 11. The Kier molecular flexibility index (Phi) is 11.1. The van der Waals surface area contributed by atoms with Gasteiger partial charge in [-0.15, -0.1) is 0 Å². The van der Waals surface area contributed by atoms with Crippen molar-refractivity contribution in [1.29, 1.82) is 0 Å². The van der Waals surface area contributed by atoms with E-state index in [9.17, 15) is 18.4 Å². The summed E-state index contributed by atoms with van der Waals surface area (Å²) >= 11 is 12.4. The fourth-order valence-corrected chi connectivity index (χ4v) is 6.38. The van der Waals surface area contributed by atoms with E-state index >= 15 is 0 Å². The van der Waals surface area contributed by atoms with E-state index in [4.69, 9.17) is 42.7 Å². The second-order valence-electron chi connectivity index (χ2n) is 13.4. The molecule has 278 valence electrons. The molecule has 0 bridgehead atoms. The number of hydrogen-bond acceptors (Lipinski definition) is 9. The molecule has 15 heteroatoms. The van der Waals surface area contributed by atoms with Gasteiger partial charge < -0.3 is 19.5 Å². The second kappa shape index (κ2) is 15.7. The molecule has 0 aliphatic rings. The standard InChI is InChI=1S/C39H34Cl2F2N6O5/c1-21-45-36(53-47-21)32(19-22-9-5-7-11-26(22)24-13-15-30(42)28(40)17-24)49(38(51)52-39(2,3)4)33(37-46-35(34(44)50)48-54-37)20-23-10-6-8-12-27(23)25-14-16-31(43)29(41)18-25/h5-18,32-33H,19-20H2,1-4H3,(H2,44,50)/t32-,33-/m1/s1. The Morgan fingerprint density at radius 2 is 1.26 bits per heavy atom. The van der Waals surface area contributed by atoms with E-state index < -0.39 is 47.1 Å². The van der Waals surface area contributed by atoms with Crippen LogP contribution in [0, 0.1) is 18.6 Å². The minimum absolute atomic E-state index is 0.0103. The Bertz CT molecular complexity index is 2320. The molecule has 0 unspecified atom stereocenters. The maximum absolute atomic E-state index is 14.7. The number of aryl methyl sites for hydroxylation is 1. The summed E-state index contributed by atoms with van der Waals surface area (Å²) in [4.78, 5) is 37.2. The number of ether oxygens (including phenoxy) is 1. The number of benzene rings is 4. The first-order chi connectivity index (χ1) is 25.7. The van der Waals surface area contributed by atoms with Gasteiger partial charge in [0.25, 0.3) is 11.7 Å². The third kappa shape index (κ3) is 8.58. The Morgan fingerprint density at radius 1 is 0.778 bits per heavy atom. The van der Waals surface area contributed by atoms with Crippen LogP contribution in [0.25, 0.3) is 22.3 Å². The van der Waals surface area contributed by atoms with E-state index in [0.29, 0.717) is 39.2 Å². The van der Waals surface area contributed by atoms with Gasteiger partial charge >= 0.3 is 6.09 Å². The molecule has 0 saturated carbocycles. The topological polar surface area (TPSA) is 150 Å². The van der Waals surface area contributed by atoms with Gasteiger partial charge in [-0.3, -0.25) is 9.69 Å². The molecule has 0 aliphatic heterocycles. The van der Waals surface area contributed by atoms with Gasteiger partial charge in [0.05, 0.1) is 10.0 Å². The molecule has 2 atom stereocenters. The SMILES string of the molecule is Cc1noc([C@@H](Cc2ccccc2-c2ccc(F)c(Cl)c2)N(C(=O)OC(C)(C)C)[C@H](Cc2ccccc2-c2ccc(F)c(Cl)c2)c2nc(C(N)=O)no2)n1. The van der Waals surface area contributed by atoms with Crippen molar-refractivity contribution in [2.75, 3.05) is 0 Å². The summed E-state index contributed by atoms with van der Waals surface area (Å²) in [6.45, 7) is 6.77. The van der Waals surface area contributed by atoms with Crippen LogP contribution in [-0.2, 0) is 17.6 Å². The summed E-state index contributed by atoms with van der Waals surface area (Å²) in [6.07, 6.45) is -0.783. The van der Waals surface area contributed by atoms with E-state index in [-0.39, 0.29) is 34.7 Å². The molecule has 11 nitrogen and oxygen atoms in total. The lowest BCUT2D eigenvalue weighted by molar-refractivity contribution is -0.00457. The summed E-state index contributed by atoms with van der Waals surface area (Å²) in [5, 5.41) is 7.68. The largest absolute Gasteiger partial charge is 0.444 e. The molecule has 0 spiro atoms. The van der Waals surface area contributed by atoms with E-state index in [1.54, 1.807) is 52.0 Å². The van der Waals surface area contributed by atoms with Gasteiger partial charge in [-0.1, -0.05) is 94.2 Å². The number of aromatic nitrogens is 4. The molecule has 54 heavy (non-hydrogen) atoms. The van der Waals surface area contributed by atoms with Crippen molar-refractivity contribution in [3.8, 4) is 22.3 Å². The fraction of sp³-hybridized carbons (Fsp3) is 0.231. The normalized spacial score (nSPS) is 12.7. The maximum Gasteiger partial charge on any atom is 0.411 e. The minimum Gasteiger partial charge on any atom is -0.444 e. The van der Waals surface area contributed by atoms with Crippen LogP contribution in [-0.4, -0.2) is 42.8 Å². The van der Waals surface area contributed by atoms with Crippen molar-refractivity contribution < 1.29 is 32.2 Å². The van der Waals surface area contributed by atoms with Gasteiger partial charge in [0.1, 0.15) is 29.3 Å². The van der Waals surface area contributed by atoms with Crippen molar-refractivity contribution in [1.82, 2.24) is 25.2 Å². The van der Waals surface area contributed by atoms with E-state index in [0.717, 1.165) is 0 Å². The lowest BCUT2D eigenvalue weighted by atomic mass is 9.91. The molecule has 0 radical (unpaired) electrons. The zero-order chi connectivity index (χ0) is 38.7. The first-order valence-electron chi connectivity index (χ1n) is 16.7. The highest BCUT2D eigenvalue weighted by atomic mass is 35.5. The smallest absolute Gasteiger partial charge is 0.411 e. The van der Waals surface area contributed by atoms with Gasteiger partial charge in [0, 0.05) is 12.8 Å². The number of primary amides is 1. The van der Waals surface area contributed by atoms with Crippen LogP contribution in [0.15, 0.2) is 94.0 Å². The Labute approximate surface area is 319 Å². The quantitative estimate of drug-likeness (QED) is 0.136. The van der Waals surface area contributed by atoms with Crippen LogP contribution in [0.2, 0.25) is 10.0 Å². The molecular weight excluding hydrogens is 741 g/mol. The van der Waals surface area contributed by atoms with E-state index in [1.165, 1.54) is 29.2 Å². The van der Waals surface area contributed by atoms with Gasteiger partial charge in [-0.05, 0) is 85.3 Å². The molecular formula is C39H34Cl2F2N6O5. The van der Waals surface area contributed by atoms with Gasteiger partial charge in [-0.25, -0.2) is 13.6 Å². The summed E-state index contributed by atoms with van der Waals surface area (Å²) in [5.74, 6) is -2.34. The van der Waals surface area contributed by atoms with Crippen molar-refractivity contribution >= 4 is 35.2 Å².